The van der Waals surface area contributed by atoms with Gasteiger partial charge >= 0.3 is 0 Å². The first-order valence-electron chi connectivity index (χ1n) is 10.3. The van der Waals surface area contributed by atoms with E-state index < -0.39 is 0 Å². The SMILES string of the molecule is C=CC(C)CC12CC1C(C)C13CC(=C)CC1CC3CC2CCC. The second-order valence-corrected chi connectivity index (χ2v) is 9.84. The van der Waals surface area contributed by atoms with Crippen LogP contribution in [0.4, 0.5) is 0 Å². The van der Waals surface area contributed by atoms with Crippen LogP contribution in [0.1, 0.15) is 72.1 Å². The molecule has 0 aliphatic heterocycles. The molecule has 0 saturated heterocycles. The Kier molecular flexibility index (Phi) is 3.64. The molecular weight excluding hydrogens is 276 g/mol. The summed E-state index contributed by atoms with van der Waals surface area (Å²) in [6, 6.07) is 0. The van der Waals surface area contributed by atoms with Crippen molar-refractivity contribution in [1.82, 2.24) is 0 Å². The number of hydrogen-bond donors (Lipinski definition) is 0. The summed E-state index contributed by atoms with van der Waals surface area (Å²) >= 11 is 0. The van der Waals surface area contributed by atoms with Crippen LogP contribution in [0.15, 0.2) is 24.8 Å². The fourth-order valence-corrected chi connectivity index (χ4v) is 7.88. The molecule has 4 rings (SSSR count). The minimum Gasteiger partial charge on any atom is -0.103 e. The van der Waals surface area contributed by atoms with Gasteiger partial charge < -0.3 is 0 Å². The van der Waals surface area contributed by atoms with Gasteiger partial charge in [0.05, 0.1) is 0 Å². The second-order valence-electron chi connectivity index (χ2n) is 9.84. The van der Waals surface area contributed by atoms with Crippen LogP contribution in [0.5, 0.6) is 0 Å². The van der Waals surface area contributed by atoms with Crippen LogP contribution in [0.25, 0.3) is 0 Å². The predicted octanol–water partition coefficient (Wildman–Crippen LogP) is 6.63. The van der Waals surface area contributed by atoms with Crippen molar-refractivity contribution in [3.63, 3.8) is 0 Å². The minimum atomic E-state index is 0.670. The van der Waals surface area contributed by atoms with Gasteiger partial charge in [0, 0.05) is 0 Å². The van der Waals surface area contributed by atoms with E-state index in [9.17, 15) is 0 Å². The maximum atomic E-state index is 4.41. The first-order chi connectivity index (χ1) is 11.0. The molecule has 0 bridgehead atoms. The fourth-order valence-electron chi connectivity index (χ4n) is 7.88. The molecule has 0 radical (unpaired) electrons. The summed E-state index contributed by atoms with van der Waals surface area (Å²) in [4.78, 5) is 0. The predicted molar refractivity (Wildman–Crippen MR) is 99.1 cm³/mol. The average Bonchev–Trinajstić information content (AvgIpc) is 3.17. The van der Waals surface area contributed by atoms with Crippen molar-refractivity contribution < 1.29 is 0 Å². The Hall–Kier alpha value is -0.520. The number of rotatable bonds is 5. The van der Waals surface area contributed by atoms with Crippen LogP contribution < -0.4 is 0 Å². The van der Waals surface area contributed by atoms with E-state index in [1.165, 1.54) is 51.4 Å². The lowest BCUT2D eigenvalue weighted by atomic mass is 9.48. The van der Waals surface area contributed by atoms with Crippen LogP contribution in [-0.2, 0) is 0 Å². The highest BCUT2D eigenvalue weighted by atomic mass is 14.8. The highest BCUT2D eigenvalue weighted by molar-refractivity contribution is 5.26. The van der Waals surface area contributed by atoms with E-state index in [2.05, 4.69) is 40.0 Å². The largest absolute Gasteiger partial charge is 0.103 e. The van der Waals surface area contributed by atoms with Gasteiger partial charge in [-0.3, -0.25) is 0 Å². The standard InChI is InChI=1S/C23H36/c1-6-8-18-10-20-11-19-9-16(4)13-23(19,20)17(5)21-14-22(18,21)12-15(3)7-2/h7,15,17-21H,2,4,6,8-14H2,1,3,5H3. The third-order valence-electron chi connectivity index (χ3n) is 8.93. The topological polar surface area (TPSA) is 0 Å². The van der Waals surface area contributed by atoms with Crippen molar-refractivity contribution in [3.8, 4) is 0 Å². The molecular formula is C23H36. The van der Waals surface area contributed by atoms with Crippen molar-refractivity contribution in [2.45, 2.75) is 72.1 Å². The van der Waals surface area contributed by atoms with Crippen molar-refractivity contribution in [3.05, 3.63) is 24.8 Å². The average molecular weight is 313 g/mol. The van der Waals surface area contributed by atoms with E-state index in [0.717, 1.165) is 29.6 Å². The van der Waals surface area contributed by atoms with E-state index in [1.807, 2.05) is 0 Å². The Morgan fingerprint density at radius 2 is 2.09 bits per heavy atom. The van der Waals surface area contributed by atoms with Gasteiger partial charge in [-0.25, -0.2) is 0 Å². The molecule has 8 atom stereocenters. The molecule has 4 aliphatic rings. The highest BCUT2D eigenvalue weighted by Gasteiger charge is 2.71. The molecule has 0 aromatic heterocycles. The lowest BCUT2D eigenvalue weighted by molar-refractivity contribution is -0.0826. The van der Waals surface area contributed by atoms with Crippen molar-refractivity contribution in [2.24, 2.45) is 46.3 Å². The van der Waals surface area contributed by atoms with Crippen LogP contribution in [0.2, 0.25) is 0 Å². The van der Waals surface area contributed by atoms with E-state index in [4.69, 9.17) is 0 Å². The van der Waals surface area contributed by atoms with Gasteiger partial charge in [-0.2, -0.15) is 0 Å². The first-order valence-corrected chi connectivity index (χ1v) is 10.3. The third-order valence-corrected chi connectivity index (χ3v) is 8.93. The zero-order valence-corrected chi connectivity index (χ0v) is 15.6. The van der Waals surface area contributed by atoms with Crippen LogP contribution in [0.3, 0.4) is 0 Å². The molecule has 4 aliphatic carbocycles. The van der Waals surface area contributed by atoms with Gasteiger partial charge in [0.15, 0.2) is 0 Å². The number of fused-ring (bicyclic) bond motifs is 1. The van der Waals surface area contributed by atoms with Crippen molar-refractivity contribution in [2.75, 3.05) is 0 Å². The molecule has 128 valence electrons. The molecule has 0 amide bonds. The maximum Gasteiger partial charge on any atom is -0.0172 e. The Labute approximate surface area is 143 Å². The lowest BCUT2D eigenvalue weighted by Gasteiger charge is -2.56. The van der Waals surface area contributed by atoms with Gasteiger partial charge in [0.2, 0.25) is 0 Å². The molecule has 8 unspecified atom stereocenters. The Bertz CT molecular complexity index is 516. The molecule has 4 fully saturated rings. The maximum absolute atomic E-state index is 4.41. The monoisotopic (exact) mass is 312 g/mol. The van der Waals surface area contributed by atoms with E-state index >= 15 is 0 Å². The van der Waals surface area contributed by atoms with Gasteiger partial charge in [-0.05, 0) is 84.9 Å². The summed E-state index contributed by atoms with van der Waals surface area (Å²) in [5.74, 6) is 5.62. The van der Waals surface area contributed by atoms with E-state index in [-0.39, 0.29) is 0 Å². The normalized spacial score (nSPS) is 51.8. The summed E-state index contributed by atoms with van der Waals surface area (Å²) in [6.45, 7) is 15.9. The Balaban J connectivity index is 1.66. The zero-order chi connectivity index (χ0) is 16.4. The molecule has 1 spiro atoms. The summed E-state index contributed by atoms with van der Waals surface area (Å²) in [6.07, 6.45) is 13.7. The van der Waals surface area contributed by atoms with Gasteiger partial charge in [-0.1, -0.05) is 51.8 Å². The molecule has 0 heteroatoms. The first kappa shape index (κ1) is 16.0. The molecule has 0 aromatic carbocycles. The quantitative estimate of drug-likeness (QED) is 0.499. The second kappa shape index (κ2) is 5.24. The van der Waals surface area contributed by atoms with Crippen LogP contribution in [0, 0.1) is 46.3 Å². The zero-order valence-electron chi connectivity index (χ0n) is 15.6. The third kappa shape index (κ3) is 2.02. The minimum absolute atomic E-state index is 0.670. The molecule has 0 nitrogen and oxygen atoms in total. The molecule has 0 aromatic rings. The number of hydrogen-bond acceptors (Lipinski definition) is 0. The number of allylic oxidation sites excluding steroid dienone is 2. The molecule has 23 heavy (non-hydrogen) atoms. The molecule has 4 saturated carbocycles. The summed E-state index contributed by atoms with van der Waals surface area (Å²) in [7, 11) is 0. The fraction of sp³-hybridized carbons (Fsp3) is 0.826. The smallest absolute Gasteiger partial charge is 0.0172 e. The summed E-state index contributed by atoms with van der Waals surface area (Å²) < 4.78 is 0. The van der Waals surface area contributed by atoms with Crippen molar-refractivity contribution in [1.29, 1.82) is 0 Å². The summed E-state index contributed by atoms with van der Waals surface area (Å²) in [5.41, 5.74) is 2.91. The lowest BCUT2D eigenvalue weighted by Crippen LogP contribution is -2.50. The van der Waals surface area contributed by atoms with Gasteiger partial charge in [0.25, 0.3) is 0 Å². The highest BCUT2D eigenvalue weighted by Crippen LogP contribution is 2.79. The van der Waals surface area contributed by atoms with Crippen molar-refractivity contribution >= 4 is 0 Å². The van der Waals surface area contributed by atoms with E-state index in [1.54, 1.807) is 5.57 Å². The van der Waals surface area contributed by atoms with Crippen LogP contribution >= 0.6 is 0 Å². The Morgan fingerprint density at radius 1 is 1.30 bits per heavy atom. The van der Waals surface area contributed by atoms with E-state index in [0.29, 0.717) is 16.7 Å². The molecule has 0 N–H and O–H groups in total. The van der Waals surface area contributed by atoms with Gasteiger partial charge in [-0.15, -0.1) is 6.58 Å². The van der Waals surface area contributed by atoms with Crippen LogP contribution in [-0.4, -0.2) is 0 Å². The molecule has 0 heterocycles. The van der Waals surface area contributed by atoms with Gasteiger partial charge in [0.1, 0.15) is 0 Å². The summed E-state index contributed by atoms with van der Waals surface area (Å²) in [5, 5.41) is 0. The Morgan fingerprint density at radius 3 is 2.74 bits per heavy atom.